The van der Waals surface area contributed by atoms with Crippen molar-refractivity contribution in [3.8, 4) is 0 Å². The van der Waals surface area contributed by atoms with E-state index >= 15 is 0 Å². The zero-order valence-electron chi connectivity index (χ0n) is 19.0. The summed E-state index contributed by atoms with van der Waals surface area (Å²) in [5.74, 6) is 0. The molecule has 4 aromatic carbocycles. The number of allylic oxidation sites excluding steroid dienone is 2. The first kappa shape index (κ1) is 20.3. The molecular weight excluding hydrogens is 414 g/mol. The van der Waals surface area contributed by atoms with E-state index in [0.717, 1.165) is 22.2 Å². The monoisotopic (exact) mass is 439 g/mol. The van der Waals surface area contributed by atoms with Crippen LogP contribution in [0.2, 0.25) is 0 Å². The van der Waals surface area contributed by atoms with Crippen molar-refractivity contribution >= 4 is 22.2 Å². The van der Waals surface area contributed by atoms with Gasteiger partial charge in [-0.25, -0.2) is 0 Å². The minimum atomic E-state index is -0.0268. The topological polar surface area (TPSA) is 21.1 Å². The van der Waals surface area contributed by atoms with Crippen molar-refractivity contribution in [1.82, 2.24) is 9.89 Å². The second-order valence-corrected chi connectivity index (χ2v) is 8.68. The van der Waals surface area contributed by atoms with Gasteiger partial charge in [0.25, 0.3) is 0 Å². The maximum Gasteiger partial charge on any atom is 0.0966 e. The van der Waals surface area contributed by atoms with Crippen molar-refractivity contribution in [1.29, 1.82) is 0 Å². The largest absolute Gasteiger partial charge is 0.253 e. The standard InChI is InChI=1S/C31H25N3/c1-23-17-18-29-28(19-23)22-32-34(29)33-30(25-13-7-3-8-14-25)20-27(24-11-5-2-6-12-24)21-31(33)26-15-9-4-10-16-26/h2-22,30H,1H3. The average molecular weight is 440 g/mol. The summed E-state index contributed by atoms with van der Waals surface area (Å²) in [6.07, 6.45) is 6.59. The molecule has 0 saturated heterocycles. The lowest BCUT2D eigenvalue weighted by atomic mass is 9.93. The predicted molar refractivity (Wildman–Crippen MR) is 141 cm³/mol. The van der Waals surface area contributed by atoms with Crippen molar-refractivity contribution in [2.75, 3.05) is 5.01 Å². The van der Waals surface area contributed by atoms with Crippen LogP contribution in [0, 0.1) is 6.92 Å². The fourth-order valence-corrected chi connectivity index (χ4v) is 4.70. The first-order chi connectivity index (χ1) is 16.8. The summed E-state index contributed by atoms with van der Waals surface area (Å²) in [5.41, 5.74) is 8.21. The first-order valence-electron chi connectivity index (χ1n) is 11.6. The predicted octanol–water partition coefficient (Wildman–Crippen LogP) is 7.16. The van der Waals surface area contributed by atoms with E-state index in [1.54, 1.807) is 0 Å². The van der Waals surface area contributed by atoms with E-state index in [2.05, 4.69) is 138 Å². The van der Waals surface area contributed by atoms with Crippen LogP contribution in [0.3, 0.4) is 0 Å². The normalized spacial score (nSPS) is 15.8. The molecule has 0 fully saturated rings. The number of hydrogen-bond donors (Lipinski definition) is 0. The molecule has 0 amide bonds. The van der Waals surface area contributed by atoms with Gasteiger partial charge in [-0.3, -0.25) is 5.01 Å². The van der Waals surface area contributed by atoms with Crippen LogP contribution in [0.4, 0.5) is 0 Å². The molecule has 0 bridgehead atoms. The van der Waals surface area contributed by atoms with E-state index in [-0.39, 0.29) is 6.04 Å². The van der Waals surface area contributed by atoms with Gasteiger partial charge in [-0.1, -0.05) is 103 Å². The number of aryl methyl sites for hydroxylation is 1. The molecular formula is C31H25N3. The Hall–Kier alpha value is -4.37. The number of rotatable bonds is 4. The van der Waals surface area contributed by atoms with E-state index in [0.29, 0.717) is 0 Å². The number of aromatic nitrogens is 2. The third-order valence-electron chi connectivity index (χ3n) is 6.37. The molecule has 0 radical (unpaired) electrons. The molecule has 1 aliphatic rings. The highest BCUT2D eigenvalue weighted by Gasteiger charge is 2.29. The highest BCUT2D eigenvalue weighted by atomic mass is 15.7. The van der Waals surface area contributed by atoms with E-state index in [9.17, 15) is 0 Å². The van der Waals surface area contributed by atoms with Crippen LogP contribution in [0.5, 0.6) is 0 Å². The quantitative estimate of drug-likeness (QED) is 0.296. The summed E-state index contributed by atoms with van der Waals surface area (Å²) < 4.78 is 0. The third kappa shape index (κ3) is 3.61. The fourth-order valence-electron chi connectivity index (χ4n) is 4.70. The van der Waals surface area contributed by atoms with Crippen molar-refractivity contribution in [2.24, 2.45) is 0 Å². The molecule has 3 nitrogen and oxygen atoms in total. The smallest absolute Gasteiger partial charge is 0.0966 e. The summed E-state index contributed by atoms with van der Waals surface area (Å²) in [5, 5.41) is 8.33. The van der Waals surface area contributed by atoms with E-state index in [1.807, 2.05) is 6.20 Å². The highest BCUT2D eigenvalue weighted by molar-refractivity contribution is 5.91. The van der Waals surface area contributed by atoms with Crippen LogP contribution < -0.4 is 5.01 Å². The molecule has 1 unspecified atom stereocenters. The van der Waals surface area contributed by atoms with Crippen LogP contribution in [0.1, 0.15) is 28.3 Å². The summed E-state index contributed by atoms with van der Waals surface area (Å²) >= 11 is 0. The maximum atomic E-state index is 4.88. The zero-order valence-corrected chi connectivity index (χ0v) is 19.0. The van der Waals surface area contributed by atoms with E-state index in [1.165, 1.54) is 22.3 Å². The highest BCUT2D eigenvalue weighted by Crippen LogP contribution is 2.39. The summed E-state index contributed by atoms with van der Waals surface area (Å²) in [7, 11) is 0. The Morgan fingerprint density at radius 2 is 1.35 bits per heavy atom. The van der Waals surface area contributed by atoms with Crippen LogP contribution in [-0.2, 0) is 0 Å². The molecule has 164 valence electrons. The molecule has 5 aromatic rings. The Balaban J connectivity index is 1.61. The first-order valence-corrected chi connectivity index (χ1v) is 11.6. The molecule has 0 spiro atoms. The van der Waals surface area contributed by atoms with Gasteiger partial charge in [-0.2, -0.15) is 9.89 Å². The van der Waals surface area contributed by atoms with Crippen LogP contribution >= 0.6 is 0 Å². The lowest BCUT2D eigenvalue weighted by Crippen LogP contribution is -2.38. The minimum absolute atomic E-state index is 0.0268. The summed E-state index contributed by atoms with van der Waals surface area (Å²) in [6, 6.07) is 38.4. The minimum Gasteiger partial charge on any atom is -0.253 e. The van der Waals surface area contributed by atoms with Gasteiger partial charge in [0.1, 0.15) is 0 Å². The van der Waals surface area contributed by atoms with Gasteiger partial charge in [-0.05, 0) is 53.5 Å². The second-order valence-electron chi connectivity index (χ2n) is 8.68. The Labute approximate surface area is 199 Å². The molecule has 6 rings (SSSR count). The Morgan fingerprint density at radius 1 is 0.706 bits per heavy atom. The Bertz CT molecular complexity index is 1500. The van der Waals surface area contributed by atoms with Crippen molar-refractivity contribution < 1.29 is 0 Å². The molecule has 1 aliphatic heterocycles. The molecule has 2 heterocycles. The van der Waals surface area contributed by atoms with Crippen LogP contribution in [0.25, 0.3) is 22.2 Å². The molecule has 0 N–H and O–H groups in total. The number of hydrogen-bond acceptors (Lipinski definition) is 2. The molecule has 1 aromatic heterocycles. The van der Waals surface area contributed by atoms with Crippen molar-refractivity contribution in [3.05, 3.63) is 150 Å². The molecule has 3 heteroatoms. The van der Waals surface area contributed by atoms with Crippen molar-refractivity contribution in [2.45, 2.75) is 13.0 Å². The summed E-state index contributed by atoms with van der Waals surface area (Å²) in [4.78, 5) is 2.06. The van der Waals surface area contributed by atoms with Crippen molar-refractivity contribution in [3.63, 3.8) is 0 Å². The van der Waals surface area contributed by atoms with Gasteiger partial charge in [0, 0.05) is 5.39 Å². The van der Waals surface area contributed by atoms with Gasteiger partial charge in [-0.15, -0.1) is 0 Å². The van der Waals surface area contributed by atoms with Gasteiger partial charge in [0.2, 0.25) is 0 Å². The van der Waals surface area contributed by atoms with E-state index < -0.39 is 0 Å². The van der Waals surface area contributed by atoms with Crippen LogP contribution in [-0.4, -0.2) is 9.89 Å². The molecule has 0 aliphatic carbocycles. The van der Waals surface area contributed by atoms with Gasteiger partial charge in [0.15, 0.2) is 0 Å². The lowest BCUT2D eigenvalue weighted by molar-refractivity contribution is 0.590. The average Bonchev–Trinajstić information content (AvgIpc) is 3.32. The Morgan fingerprint density at radius 3 is 2.06 bits per heavy atom. The fraction of sp³-hybridized carbons (Fsp3) is 0.0645. The summed E-state index contributed by atoms with van der Waals surface area (Å²) in [6.45, 7) is 2.12. The molecule has 0 saturated carbocycles. The number of benzene rings is 4. The Kier molecular flexibility index (Phi) is 5.08. The van der Waals surface area contributed by atoms with Crippen LogP contribution in [0.15, 0.2) is 128 Å². The lowest BCUT2D eigenvalue weighted by Gasteiger charge is -2.37. The van der Waals surface area contributed by atoms with E-state index in [4.69, 9.17) is 5.10 Å². The van der Waals surface area contributed by atoms with Gasteiger partial charge in [0.05, 0.1) is 23.5 Å². The second kappa shape index (κ2) is 8.53. The number of fused-ring (bicyclic) bond motifs is 1. The van der Waals surface area contributed by atoms with Gasteiger partial charge >= 0.3 is 0 Å². The maximum absolute atomic E-state index is 4.88. The number of nitrogens with zero attached hydrogens (tertiary/aromatic N) is 3. The van der Waals surface area contributed by atoms with Gasteiger partial charge < -0.3 is 0 Å². The molecule has 1 atom stereocenters. The third-order valence-corrected chi connectivity index (χ3v) is 6.37. The SMILES string of the molecule is Cc1ccc2c(cnn2N2C(c3ccccc3)=CC(c3ccccc3)=CC2c2ccccc2)c1. The zero-order chi connectivity index (χ0) is 22.9. The molecule has 34 heavy (non-hydrogen) atoms.